The highest BCUT2D eigenvalue weighted by molar-refractivity contribution is 5.69. The van der Waals surface area contributed by atoms with Gasteiger partial charge in [0.1, 0.15) is 5.75 Å². The van der Waals surface area contributed by atoms with Gasteiger partial charge in [-0.3, -0.25) is 14.8 Å². The molecule has 0 bridgehead atoms. The minimum absolute atomic E-state index is 0.0786. The van der Waals surface area contributed by atoms with Gasteiger partial charge < -0.3 is 9.47 Å². The van der Waals surface area contributed by atoms with Crippen molar-refractivity contribution in [2.75, 3.05) is 13.2 Å². The number of esters is 1. The zero-order valence-corrected chi connectivity index (χ0v) is 17.4. The fraction of sp³-hybridized carbons (Fsp3) is 0.458. The molecule has 0 amide bonds. The van der Waals surface area contributed by atoms with Gasteiger partial charge in [-0.2, -0.15) is 0 Å². The lowest BCUT2D eigenvalue weighted by Crippen LogP contribution is -2.26. The first-order valence-electron chi connectivity index (χ1n) is 10.2. The number of benzene rings is 1. The average Bonchev–Trinajstić information content (AvgIpc) is 2.71. The van der Waals surface area contributed by atoms with E-state index < -0.39 is 0 Å². The average molecular weight is 392 g/mol. The molecule has 0 fully saturated rings. The van der Waals surface area contributed by atoms with Crippen molar-refractivity contribution < 1.29 is 14.3 Å². The van der Waals surface area contributed by atoms with E-state index in [1.165, 1.54) is 5.56 Å². The number of carbonyl (C=O) groups excluding carboxylic acids is 1. The molecule has 0 aliphatic carbocycles. The number of aromatic nitrogens is 2. The van der Waals surface area contributed by atoms with Gasteiger partial charge in [-0.15, -0.1) is 0 Å². The molecule has 1 atom stereocenters. The van der Waals surface area contributed by atoms with Gasteiger partial charge in [0, 0.05) is 36.1 Å². The van der Waals surface area contributed by atoms with Crippen molar-refractivity contribution in [3.05, 3.63) is 53.6 Å². The third kappa shape index (κ3) is 5.57. The van der Waals surface area contributed by atoms with Crippen LogP contribution in [-0.2, 0) is 14.9 Å². The van der Waals surface area contributed by atoms with E-state index in [0.717, 1.165) is 36.5 Å². The SMILES string of the molecule is CCOC(=O)CCCC(C#Cc1ccc2c(c1)C(C)(C)CCO2)c1cnccn1. The molecule has 29 heavy (non-hydrogen) atoms. The van der Waals surface area contributed by atoms with E-state index in [4.69, 9.17) is 9.47 Å². The van der Waals surface area contributed by atoms with E-state index in [-0.39, 0.29) is 17.3 Å². The van der Waals surface area contributed by atoms with E-state index in [1.54, 1.807) is 18.6 Å². The van der Waals surface area contributed by atoms with Crippen molar-refractivity contribution >= 4 is 5.97 Å². The molecule has 1 aliphatic heterocycles. The second-order valence-corrected chi connectivity index (χ2v) is 7.84. The Hall–Kier alpha value is -2.87. The molecule has 0 saturated carbocycles. The number of nitrogens with zero attached hydrogens (tertiary/aromatic N) is 2. The van der Waals surface area contributed by atoms with Crippen LogP contribution < -0.4 is 4.74 Å². The number of hydrogen-bond acceptors (Lipinski definition) is 5. The summed E-state index contributed by atoms with van der Waals surface area (Å²) in [6, 6.07) is 6.14. The van der Waals surface area contributed by atoms with Crippen LogP contribution in [-0.4, -0.2) is 29.2 Å². The zero-order valence-electron chi connectivity index (χ0n) is 17.4. The van der Waals surface area contributed by atoms with Crippen LogP contribution in [0.3, 0.4) is 0 Å². The molecule has 1 aromatic heterocycles. The van der Waals surface area contributed by atoms with Crippen LogP contribution in [0.1, 0.15) is 69.2 Å². The van der Waals surface area contributed by atoms with Crippen LogP contribution in [0.5, 0.6) is 5.75 Å². The molecule has 152 valence electrons. The van der Waals surface area contributed by atoms with Crippen LogP contribution in [0.2, 0.25) is 0 Å². The molecule has 1 aliphatic rings. The third-order valence-corrected chi connectivity index (χ3v) is 5.20. The van der Waals surface area contributed by atoms with Gasteiger partial charge in [-0.25, -0.2) is 0 Å². The summed E-state index contributed by atoms with van der Waals surface area (Å²) in [6.07, 6.45) is 7.87. The molecule has 0 saturated heterocycles. The van der Waals surface area contributed by atoms with Crippen molar-refractivity contribution in [3.63, 3.8) is 0 Å². The Labute approximate surface area is 172 Å². The van der Waals surface area contributed by atoms with Gasteiger partial charge in [0.25, 0.3) is 0 Å². The summed E-state index contributed by atoms with van der Waals surface area (Å²) >= 11 is 0. The molecule has 1 unspecified atom stereocenters. The first-order chi connectivity index (χ1) is 14.0. The molecule has 5 heteroatoms. The van der Waals surface area contributed by atoms with Gasteiger partial charge in [0.15, 0.2) is 0 Å². The molecule has 0 radical (unpaired) electrons. The van der Waals surface area contributed by atoms with Crippen LogP contribution >= 0.6 is 0 Å². The van der Waals surface area contributed by atoms with Crippen LogP contribution in [0.25, 0.3) is 0 Å². The number of carbonyl (C=O) groups is 1. The summed E-state index contributed by atoms with van der Waals surface area (Å²) in [4.78, 5) is 20.2. The Balaban J connectivity index is 1.78. The fourth-order valence-corrected chi connectivity index (χ4v) is 3.45. The third-order valence-electron chi connectivity index (χ3n) is 5.20. The Bertz CT molecular complexity index is 897. The van der Waals surface area contributed by atoms with Crippen LogP contribution in [0.15, 0.2) is 36.8 Å². The highest BCUT2D eigenvalue weighted by Crippen LogP contribution is 2.38. The maximum Gasteiger partial charge on any atom is 0.305 e. The van der Waals surface area contributed by atoms with Crippen molar-refractivity contribution in [1.82, 2.24) is 9.97 Å². The molecule has 0 spiro atoms. The van der Waals surface area contributed by atoms with E-state index >= 15 is 0 Å². The maximum absolute atomic E-state index is 11.6. The molecule has 2 heterocycles. The van der Waals surface area contributed by atoms with Gasteiger partial charge >= 0.3 is 5.97 Å². The first-order valence-corrected chi connectivity index (χ1v) is 10.2. The van der Waals surface area contributed by atoms with Gasteiger partial charge in [0.05, 0.1) is 24.8 Å². The summed E-state index contributed by atoms with van der Waals surface area (Å²) in [5, 5.41) is 0. The highest BCUT2D eigenvalue weighted by atomic mass is 16.5. The fourth-order valence-electron chi connectivity index (χ4n) is 3.45. The molecular weight excluding hydrogens is 364 g/mol. The number of rotatable bonds is 6. The van der Waals surface area contributed by atoms with Gasteiger partial charge in [-0.1, -0.05) is 25.7 Å². The van der Waals surface area contributed by atoms with Gasteiger partial charge in [-0.05, 0) is 49.8 Å². The quantitative estimate of drug-likeness (QED) is 0.538. The normalized spacial score (nSPS) is 15.3. The van der Waals surface area contributed by atoms with E-state index in [9.17, 15) is 4.79 Å². The number of ether oxygens (including phenoxy) is 2. The second kappa shape index (κ2) is 9.56. The van der Waals surface area contributed by atoms with E-state index in [1.807, 2.05) is 19.1 Å². The Kier molecular flexibility index (Phi) is 6.87. The largest absolute Gasteiger partial charge is 0.493 e. The smallest absolute Gasteiger partial charge is 0.305 e. The second-order valence-electron chi connectivity index (χ2n) is 7.84. The molecular formula is C24H28N2O3. The standard InChI is InChI=1S/C24H28N2O3/c1-4-28-23(27)7-5-6-19(21-17-25-13-14-26-21)10-8-18-9-11-22-20(16-18)24(2,3)12-15-29-22/h9,11,13-14,16-17,19H,4-7,12,15H2,1-3H3. The molecule has 0 N–H and O–H groups in total. The summed E-state index contributed by atoms with van der Waals surface area (Å²) in [7, 11) is 0. The first kappa shape index (κ1) is 20.9. The minimum Gasteiger partial charge on any atom is -0.493 e. The van der Waals surface area contributed by atoms with Gasteiger partial charge in [0.2, 0.25) is 0 Å². The minimum atomic E-state index is -0.171. The highest BCUT2D eigenvalue weighted by Gasteiger charge is 2.28. The van der Waals surface area contributed by atoms with Crippen molar-refractivity contribution in [2.24, 2.45) is 0 Å². The zero-order chi connectivity index (χ0) is 20.7. The maximum atomic E-state index is 11.6. The molecule has 2 aromatic rings. The summed E-state index contributed by atoms with van der Waals surface area (Å²) in [5.41, 5.74) is 3.07. The lowest BCUT2D eigenvalue weighted by atomic mass is 9.79. The topological polar surface area (TPSA) is 61.3 Å². The molecule has 1 aromatic carbocycles. The van der Waals surface area contributed by atoms with Crippen LogP contribution in [0.4, 0.5) is 0 Å². The summed E-state index contributed by atoms with van der Waals surface area (Å²) in [5.74, 6) is 7.35. The number of fused-ring (bicyclic) bond motifs is 1. The number of hydrogen-bond donors (Lipinski definition) is 0. The summed E-state index contributed by atoms with van der Waals surface area (Å²) < 4.78 is 10.8. The monoisotopic (exact) mass is 392 g/mol. The lowest BCUT2D eigenvalue weighted by molar-refractivity contribution is -0.143. The van der Waals surface area contributed by atoms with Crippen molar-refractivity contribution in [3.8, 4) is 17.6 Å². The molecule has 3 rings (SSSR count). The predicted octanol–water partition coefficient (Wildman–Crippen LogP) is 4.41. The summed E-state index contributed by atoms with van der Waals surface area (Å²) in [6.45, 7) is 7.45. The Morgan fingerprint density at radius 2 is 2.21 bits per heavy atom. The van der Waals surface area contributed by atoms with Crippen LogP contribution in [0, 0.1) is 11.8 Å². The van der Waals surface area contributed by atoms with Crippen molar-refractivity contribution in [1.29, 1.82) is 0 Å². The predicted molar refractivity (Wildman–Crippen MR) is 112 cm³/mol. The Morgan fingerprint density at radius 1 is 1.34 bits per heavy atom. The van der Waals surface area contributed by atoms with E-state index in [0.29, 0.717) is 19.4 Å². The van der Waals surface area contributed by atoms with Crippen molar-refractivity contribution in [2.45, 2.75) is 57.8 Å². The Morgan fingerprint density at radius 3 is 2.97 bits per heavy atom. The lowest BCUT2D eigenvalue weighted by Gasteiger charge is -2.32. The van der Waals surface area contributed by atoms with E-state index in [2.05, 4.69) is 41.7 Å². The molecule has 5 nitrogen and oxygen atoms in total.